The van der Waals surface area contributed by atoms with E-state index in [0.717, 1.165) is 0 Å². The van der Waals surface area contributed by atoms with Crippen molar-refractivity contribution in [1.82, 2.24) is 0 Å². The Morgan fingerprint density at radius 3 is 2.55 bits per heavy atom. The van der Waals surface area contributed by atoms with Gasteiger partial charge in [0, 0.05) is 5.92 Å². The van der Waals surface area contributed by atoms with Crippen molar-refractivity contribution < 1.29 is 9.47 Å². The third-order valence-corrected chi connectivity index (χ3v) is 2.52. The fraction of sp³-hybridized carbons (Fsp3) is 1.00. The topological polar surface area (TPSA) is 18.5 Å². The first-order chi connectivity index (χ1) is 5.08. The maximum absolute atomic E-state index is 5.63. The van der Waals surface area contributed by atoms with Crippen molar-refractivity contribution in [2.45, 2.75) is 32.7 Å². The second-order valence-electron chi connectivity index (χ2n) is 3.38. The first-order valence-electron chi connectivity index (χ1n) is 3.96. The zero-order valence-electron chi connectivity index (χ0n) is 7.26. The Balaban J connectivity index is 2.50. The van der Waals surface area contributed by atoms with Crippen LogP contribution in [0.25, 0.3) is 0 Å². The highest BCUT2D eigenvalue weighted by atomic mass is 35.5. The van der Waals surface area contributed by atoms with Gasteiger partial charge in [-0.15, -0.1) is 11.6 Å². The second kappa shape index (κ2) is 3.30. The van der Waals surface area contributed by atoms with Crippen LogP contribution in [-0.2, 0) is 9.47 Å². The Morgan fingerprint density at radius 1 is 1.64 bits per heavy atom. The monoisotopic (exact) mass is 178 g/mol. The molecule has 0 spiro atoms. The van der Waals surface area contributed by atoms with Crippen molar-refractivity contribution in [3.63, 3.8) is 0 Å². The van der Waals surface area contributed by atoms with Gasteiger partial charge in [-0.2, -0.15) is 0 Å². The molecule has 3 heteroatoms. The fourth-order valence-electron chi connectivity index (χ4n) is 1.04. The van der Waals surface area contributed by atoms with Gasteiger partial charge in [0.05, 0.1) is 18.6 Å². The molecule has 2 unspecified atom stereocenters. The predicted octanol–water partition coefficient (Wildman–Crippen LogP) is 2.01. The van der Waals surface area contributed by atoms with Crippen molar-refractivity contribution in [1.29, 1.82) is 0 Å². The van der Waals surface area contributed by atoms with E-state index in [0.29, 0.717) is 18.4 Å². The van der Waals surface area contributed by atoms with Crippen LogP contribution in [0.5, 0.6) is 0 Å². The smallest absolute Gasteiger partial charge is 0.168 e. The molecule has 0 aliphatic carbocycles. The van der Waals surface area contributed by atoms with Gasteiger partial charge in [-0.1, -0.05) is 13.8 Å². The van der Waals surface area contributed by atoms with Gasteiger partial charge in [0.25, 0.3) is 0 Å². The van der Waals surface area contributed by atoms with Gasteiger partial charge in [-0.3, -0.25) is 0 Å². The van der Waals surface area contributed by atoms with Crippen LogP contribution in [-0.4, -0.2) is 24.4 Å². The van der Waals surface area contributed by atoms with Crippen LogP contribution in [0.4, 0.5) is 0 Å². The number of halogens is 1. The van der Waals surface area contributed by atoms with Crippen LogP contribution in [0.3, 0.4) is 0 Å². The van der Waals surface area contributed by atoms with E-state index in [1.165, 1.54) is 0 Å². The average Bonchev–Trinajstić information content (AvgIpc) is 2.33. The van der Waals surface area contributed by atoms with Gasteiger partial charge >= 0.3 is 0 Å². The summed E-state index contributed by atoms with van der Waals surface area (Å²) in [5.74, 6) is 0.470. The second-order valence-corrected chi connectivity index (χ2v) is 3.68. The zero-order valence-corrected chi connectivity index (χ0v) is 8.02. The molecule has 0 aromatic carbocycles. The van der Waals surface area contributed by atoms with Crippen LogP contribution in [0.15, 0.2) is 0 Å². The van der Waals surface area contributed by atoms with Crippen LogP contribution >= 0.6 is 11.6 Å². The van der Waals surface area contributed by atoms with E-state index in [-0.39, 0.29) is 6.10 Å². The predicted molar refractivity (Wildman–Crippen MR) is 44.8 cm³/mol. The normalized spacial score (nSPS) is 38.5. The number of hydrogen-bond acceptors (Lipinski definition) is 2. The molecule has 1 rings (SSSR count). The molecule has 0 amide bonds. The number of ether oxygens (including phenoxy) is 2. The summed E-state index contributed by atoms with van der Waals surface area (Å²) in [4.78, 5) is 0. The summed E-state index contributed by atoms with van der Waals surface area (Å²) in [6.07, 6.45) is 0.0732. The van der Waals surface area contributed by atoms with E-state index in [9.17, 15) is 0 Å². The van der Waals surface area contributed by atoms with E-state index in [1.54, 1.807) is 0 Å². The van der Waals surface area contributed by atoms with Crippen molar-refractivity contribution >= 4 is 11.6 Å². The SMILES string of the molecule is CC(C)C1(C)OCC(CCl)O1. The summed E-state index contributed by atoms with van der Waals surface area (Å²) in [5.41, 5.74) is 0. The molecule has 2 atom stereocenters. The molecule has 11 heavy (non-hydrogen) atoms. The number of alkyl halides is 1. The van der Waals surface area contributed by atoms with Gasteiger partial charge in [-0.05, 0) is 6.92 Å². The summed E-state index contributed by atoms with van der Waals surface area (Å²) < 4.78 is 11.1. The quantitative estimate of drug-likeness (QED) is 0.603. The Morgan fingerprint density at radius 2 is 2.27 bits per heavy atom. The van der Waals surface area contributed by atoms with E-state index >= 15 is 0 Å². The highest BCUT2D eigenvalue weighted by Gasteiger charge is 2.39. The van der Waals surface area contributed by atoms with Gasteiger partial charge < -0.3 is 9.47 Å². The molecular weight excluding hydrogens is 164 g/mol. The minimum atomic E-state index is -0.417. The fourth-order valence-corrected chi connectivity index (χ4v) is 1.19. The molecule has 1 aliphatic rings. The largest absolute Gasteiger partial charge is 0.347 e. The van der Waals surface area contributed by atoms with Gasteiger partial charge in [0.15, 0.2) is 5.79 Å². The van der Waals surface area contributed by atoms with Crippen LogP contribution in [0.2, 0.25) is 0 Å². The lowest BCUT2D eigenvalue weighted by molar-refractivity contribution is -0.181. The third-order valence-electron chi connectivity index (χ3n) is 2.18. The van der Waals surface area contributed by atoms with Gasteiger partial charge in [0.2, 0.25) is 0 Å². The summed E-state index contributed by atoms with van der Waals surface area (Å²) in [5, 5.41) is 0. The molecule has 1 fully saturated rings. The molecule has 0 saturated carbocycles. The summed E-state index contributed by atoms with van der Waals surface area (Å²) >= 11 is 5.63. The molecule has 2 nitrogen and oxygen atoms in total. The Kier molecular flexibility index (Phi) is 2.79. The number of rotatable bonds is 2. The molecule has 0 aromatic rings. The maximum atomic E-state index is 5.63. The van der Waals surface area contributed by atoms with Crippen LogP contribution in [0, 0.1) is 5.92 Å². The molecular formula is C8H15ClO2. The summed E-state index contributed by atoms with van der Waals surface area (Å²) in [6, 6.07) is 0. The lowest BCUT2D eigenvalue weighted by Gasteiger charge is -2.27. The lowest BCUT2D eigenvalue weighted by atomic mass is 10.1. The van der Waals surface area contributed by atoms with E-state index in [1.807, 2.05) is 6.92 Å². The molecule has 0 aromatic heterocycles. The van der Waals surface area contributed by atoms with E-state index in [4.69, 9.17) is 21.1 Å². The minimum Gasteiger partial charge on any atom is -0.347 e. The Bertz CT molecular complexity index is 138. The number of hydrogen-bond donors (Lipinski definition) is 0. The van der Waals surface area contributed by atoms with E-state index in [2.05, 4.69) is 13.8 Å². The van der Waals surface area contributed by atoms with Crippen LogP contribution in [0.1, 0.15) is 20.8 Å². The Labute approximate surface area is 72.8 Å². The average molecular weight is 179 g/mol. The third kappa shape index (κ3) is 1.86. The molecule has 1 aliphatic heterocycles. The zero-order chi connectivity index (χ0) is 8.48. The summed E-state index contributed by atoms with van der Waals surface area (Å²) in [6.45, 7) is 6.75. The molecule has 66 valence electrons. The van der Waals surface area contributed by atoms with Gasteiger partial charge in [0.1, 0.15) is 0 Å². The first kappa shape index (κ1) is 9.30. The van der Waals surface area contributed by atoms with Gasteiger partial charge in [-0.25, -0.2) is 0 Å². The Hall–Kier alpha value is 0.210. The summed E-state index contributed by atoms with van der Waals surface area (Å²) in [7, 11) is 0. The standard InChI is InChI=1S/C8H15ClO2/c1-6(2)8(3)10-5-7(4-9)11-8/h6-7H,4-5H2,1-3H3. The van der Waals surface area contributed by atoms with E-state index < -0.39 is 5.79 Å². The minimum absolute atomic E-state index is 0.0732. The van der Waals surface area contributed by atoms with Crippen molar-refractivity contribution in [3.8, 4) is 0 Å². The first-order valence-corrected chi connectivity index (χ1v) is 4.49. The van der Waals surface area contributed by atoms with Crippen molar-refractivity contribution in [3.05, 3.63) is 0 Å². The van der Waals surface area contributed by atoms with Crippen LogP contribution < -0.4 is 0 Å². The molecule has 1 saturated heterocycles. The highest BCUT2D eigenvalue weighted by Crippen LogP contribution is 2.30. The van der Waals surface area contributed by atoms with Crippen molar-refractivity contribution in [2.75, 3.05) is 12.5 Å². The van der Waals surface area contributed by atoms with Crippen molar-refractivity contribution in [2.24, 2.45) is 5.92 Å². The highest BCUT2D eigenvalue weighted by molar-refractivity contribution is 6.18. The maximum Gasteiger partial charge on any atom is 0.168 e. The molecule has 1 heterocycles. The molecule has 0 radical (unpaired) electrons. The molecule has 0 N–H and O–H groups in total. The lowest BCUT2D eigenvalue weighted by Crippen LogP contribution is -2.33. The molecule has 0 bridgehead atoms.